The Morgan fingerprint density at radius 2 is 1.70 bits per heavy atom. The number of carbonyl (C=O) groups excluding carboxylic acids is 2. The van der Waals surface area contributed by atoms with Crippen LogP contribution in [0.5, 0.6) is 0 Å². The van der Waals surface area contributed by atoms with Crippen LogP contribution in [0.2, 0.25) is 0 Å². The third-order valence-electron chi connectivity index (χ3n) is 2.71. The van der Waals surface area contributed by atoms with Crippen LogP contribution in [0.3, 0.4) is 0 Å². The summed E-state index contributed by atoms with van der Waals surface area (Å²) in [4.78, 5) is 27.2. The van der Waals surface area contributed by atoms with E-state index in [1.54, 1.807) is 0 Å². The quantitative estimate of drug-likeness (QED) is 0.877. The standard InChI is InChI=1S/C14H12FN3O2/c15-11-3-1-9(2-4-11)12(13(16)19)18-14(20)10-5-7-17-8-6-10/h1-8,12H,(H2,16,19)(H,18,20)/t12-/m0/s1. The van der Waals surface area contributed by atoms with E-state index in [9.17, 15) is 14.0 Å². The Morgan fingerprint density at radius 3 is 2.25 bits per heavy atom. The third-order valence-corrected chi connectivity index (χ3v) is 2.71. The van der Waals surface area contributed by atoms with Gasteiger partial charge in [-0.3, -0.25) is 14.6 Å². The minimum atomic E-state index is -1.02. The molecule has 1 aromatic heterocycles. The minimum absolute atomic E-state index is 0.355. The van der Waals surface area contributed by atoms with E-state index in [1.165, 1.54) is 48.8 Å². The molecule has 2 rings (SSSR count). The molecule has 1 heterocycles. The number of rotatable bonds is 4. The van der Waals surface area contributed by atoms with E-state index in [0.717, 1.165) is 0 Å². The van der Waals surface area contributed by atoms with Gasteiger partial charge in [-0.25, -0.2) is 4.39 Å². The van der Waals surface area contributed by atoms with E-state index >= 15 is 0 Å². The van der Waals surface area contributed by atoms with Crippen LogP contribution in [0.1, 0.15) is 22.0 Å². The lowest BCUT2D eigenvalue weighted by Crippen LogP contribution is -2.37. The highest BCUT2D eigenvalue weighted by molar-refractivity contribution is 5.97. The first-order chi connectivity index (χ1) is 9.58. The van der Waals surface area contributed by atoms with Gasteiger partial charge in [0.15, 0.2) is 0 Å². The minimum Gasteiger partial charge on any atom is -0.368 e. The smallest absolute Gasteiger partial charge is 0.252 e. The highest BCUT2D eigenvalue weighted by Gasteiger charge is 2.20. The molecule has 2 aromatic rings. The summed E-state index contributed by atoms with van der Waals surface area (Å²) in [6, 6.07) is 7.20. The van der Waals surface area contributed by atoms with Crippen LogP contribution in [0.15, 0.2) is 48.8 Å². The molecule has 0 saturated heterocycles. The third kappa shape index (κ3) is 3.17. The van der Waals surface area contributed by atoms with Crippen molar-refractivity contribution < 1.29 is 14.0 Å². The molecule has 0 spiro atoms. The molecule has 3 N–H and O–H groups in total. The molecule has 0 saturated carbocycles. The summed E-state index contributed by atoms with van der Waals surface area (Å²) in [5.74, 6) is -1.61. The van der Waals surface area contributed by atoms with Crippen LogP contribution in [0, 0.1) is 5.82 Å². The van der Waals surface area contributed by atoms with Gasteiger partial charge in [-0.15, -0.1) is 0 Å². The van der Waals surface area contributed by atoms with E-state index in [4.69, 9.17) is 5.73 Å². The average molecular weight is 273 g/mol. The average Bonchev–Trinajstić information content (AvgIpc) is 2.46. The number of nitrogens with two attached hydrogens (primary N) is 1. The normalized spacial score (nSPS) is 11.7. The first-order valence-electron chi connectivity index (χ1n) is 5.83. The molecule has 20 heavy (non-hydrogen) atoms. The highest BCUT2D eigenvalue weighted by Crippen LogP contribution is 2.14. The molecule has 0 aliphatic carbocycles. The van der Waals surface area contributed by atoms with Crippen LogP contribution < -0.4 is 11.1 Å². The Morgan fingerprint density at radius 1 is 1.10 bits per heavy atom. The van der Waals surface area contributed by atoms with Crippen molar-refractivity contribution in [3.63, 3.8) is 0 Å². The topological polar surface area (TPSA) is 85.1 Å². The van der Waals surface area contributed by atoms with Crippen LogP contribution >= 0.6 is 0 Å². The van der Waals surface area contributed by atoms with Crippen molar-refractivity contribution in [3.8, 4) is 0 Å². The van der Waals surface area contributed by atoms with Gasteiger partial charge in [-0.2, -0.15) is 0 Å². The summed E-state index contributed by atoms with van der Waals surface area (Å²) in [5.41, 5.74) is 6.05. The molecule has 1 aromatic carbocycles. The van der Waals surface area contributed by atoms with Gasteiger partial charge >= 0.3 is 0 Å². The van der Waals surface area contributed by atoms with Crippen molar-refractivity contribution in [1.82, 2.24) is 10.3 Å². The number of hydrogen-bond acceptors (Lipinski definition) is 3. The summed E-state index contributed by atoms with van der Waals surface area (Å²) < 4.78 is 12.9. The van der Waals surface area contributed by atoms with Gasteiger partial charge in [0.2, 0.25) is 5.91 Å². The lowest BCUT2D eigenvalue weighted by atomic mass is 10.1. The zero-order chi connectivity index (χ0) is 14.5. The van der Waals surface area contributed by atoms with E-state index in [0.29, 0.717) is 11.1 Å². The van der Waals surface area contributed by atoms with E-state index < -0.39 is 23.7 Å². The number of halogens is 1. The predicted molar refractivity (Wildman–Crippen MR) is 70.0 cm³/mol. The number of carbonyl (C=O) groups is 2. The van der Waals surface area contributed by atoms with Crippen molar-refractivity contribution >= 4 is 11.8 Å². The van der Waals surface area contributed by atoms with Crippen LogP contribution in [0.4, 0.5) is 4.39 Å². The molecule has 2 amide bonds. The lowest BCUT2D eigenvalue weighted by molar-refractivity contribution is -0.120. The largest absolute Gasteiger partial charge is 0.368 e. The zero-order valence-electron chi connectivity index (χ0n) is 10.4. The maximum absolute atomic E-state index is 12.9. The summed E-state index contributed by atoms with van der Waals surface area (Å²) in [5, 5.41) is 2.50. The number of benzene rings is 1. The number of primary amides is 1. The van der Waals surface area contributed by atoms with Crippen molar-refractivity contribution in [3.05, 3.63) is 65.7 Å². The fraction of sp³-hybridized carbons (Fsp3) is 0.0714. The molecule has 0 radical (unpaired) electrons. The fourth-order valence-corrected chi connectivity index (χ4v) is 1.69. The molecule has 0 unspecified atom stereocenters. The Bertz CT molecular complexity index is 614. The second-order valence-corrected chi connectivity index (χ2v) is 4.10. The molecule has 1 atom stereocenters. The summed E-state index contributed by atoms with van der Waals surface area (Å²) in [6.07, 6.45) is 2.93. The second-order valence-electron chi connectivity index (χ2n) is 4.10. The SMILES string of the molecule is NC(=O)[C@@H](NC(=O)c1ccncc1)c1ccc(F)cc1. The van der Waals surface area contributed by atoms with Crippen molar-refractivity contribution in [1.29, 1.82) is 0 Å². The lowest BCUT2D eigenvalue weighted by Gasteiger charge is -2.15. The summed E-state index contributed by atoms with van der Waals surface area (Å²) in [7, 11) is 0. The maximum atomic E-state index is 12.9. The molecule has 102 valence electrons. The van der Waals surface area contributed by atoms with E-state index in [-0.39, 0.29) is 0 Å². The van der Waals surface area contributed by atoms with Gasteiger partial charge in [0.1, 0.15) is 11.9 Å². The molecule has 0 aliphatic rings. The van der Waals surface area contributed by atoms with Crippen LogP contribution in [-0.2, 0) is 4.79 Å². The first kappa shape index (κ1) is 13.7. The number of hydrogen-bond donors (Lipinski definition) is 2. The maximum Gasteiger partial charge on any atom is 0.252 e. The molecule has 0 bridgehead atoms. The highest BCUT2D eigenvalue weighted by atomic mass is 19.1. The number of aromatic nitrogens is 1. The zero-order valence-corrected chi connectivity index (χ0v) is 10.4. The van der Waals surface area contributed by atoms with Crippen molar-refractivity contribution in [2.45, 2.75) is 6.04 Å². The molecular formula is C14H12FN3O2. The number of nitrogens with zero attached hydrogens (tertiary/aromatic N) is 1. The van der Waals surface area contributed by atoms with Gasteiger partial charge in [0, 0.05) is 18.0 Å². The van der Waals surface area contributed by atoms with Crippen LogP contribution in [-0.4, -0.2) is 16.8 Å². The molecular weight excluding hydrogens is 261 g/mol. The Hall–Kier alpha value is -2.76. The van der Waals surface area contributed by atoms with Gasteiger partial charge in [-0.1, -0.05) is 12.1 Å². The first-order valence-corrected chi connectivity index (χ1v) is 5.83. The van der Waals surface area contributed by atoms with Crippen molar-refractivity contribution in [2.75, 3.05) is 0 Å². The van der Waals surface area contributed by atoms with Gasteiger partial charge in [0.25, 0.3) is 5.91 Å². The molecule has 0 aliphatic heterocycles. The summed E-state index contributed by atoms with van der Waals surface area (Å²) >= 11 is 0. The van der Waals surface area contributed by atoms with E-state index in [2.05, 4.69) is 10.3 Å². The van der Waals surface area contributed by atoms with Crippen molar-refractivity contribution in [2.24, 2.45) is 5.73 Å². The van der Waals surface area contributed by atoms with Gasteiger partial charge < -0.3 is 11.1 Å². The number of nitrogens with one attached hydrogen (secondary N) is 1. The summed E-state index contributed by atoms with van der Waals surface area (Å²) in [6.45, 7) is 0. The number of amides is 2. The van der Waals surface area contributed by atoms with Gasteiger partial charge in [-0.05, 0) is 29.8 Å². The fourth-order valence-electron chi connectivity index (χ4n) is 1.69. The molecule has 5 nitrogen and oxygen atoms in total. The molecule has 0 fully saturated rings. The molecule has 6 heteroatoms. The van der Waals surface area contributed by atoms with Crippen LogP contribution in [0.25, 0.3) is 0 Å². The van der Waals surface area contributed by atoms with Gasteiger partial charge in [0.05, 0.1) is 0 Å². The monoisotopic (exact) mass is 273 g/mol. The number of pyridine rings is 1. The Kier molecular flexibility index (Phi) is 4.05. The second kappa shape index (κ2) is 5.92. The Balaban J connectivity index is 2.20. The predicted octanol–water partition coefficient (Wildman–Crippen LogP) is 1.18. The Labute approximate surface area is 114 Å². The van der Waals surface area contributed by atoms with E-state index in [1.807, 2.05) is 0 Å².